The summed E-state index contributed by atoms with van der Waals surface area (Å²) in [6, 6.07) is 18.4. The first-order valence-electron chi connectivity index (χ1n) is 17.9. The number of aliphatic hydroxyl groups is 1. The molecule has 15 heteroatoms. The zero-order valence-electron chi connectivity index (χ0n) is 31.4. The van der Waals surface area contributed by atoms with Crippen molar-refractivity contribution in [3.8, 4) is 11.5 Å². The Balaban J connectivity index is 1.34. The minimum Gasteiger partial charge on any atom is -0.497 e. The van der Waals surface area contributed by atoms with Crippen molar-refractivity contribution in [2.75, 3.05) is 34.0 Å². The summed E-state index contributed by atoms with van der Waals surface area (Å²) in [4.78, 5) is 43.7. The number of carbonyl (C=O) groups is 3. The lowest BCUT2D eigenvalue weighted by molar-refractivity contribution is -0.131. The average Bonchev–Trinajstić information content (AvgIpc) is 3.78. The number of benzene rings is 2. The molecule has 0 bridgehead atoms. The molecule has 6 atom stereocenters. The number of hydrogen-bond acceptors (Lipinski definition) is 12. The number of hydrazine groups is 1. The quantitative estimate of drug-likeness (QED) is 0.156. The van der Waals surface area contributed by atoms with Gasteiger partial charge in [0.25, 0.3) is 5.91 Å². The fourth-order valence-electron chi connectivity index (χ4n) is 6.30. The van der Waals surface area contributed by atoms with E-state index in [2.05, 4.69) is 21.0 Å². The second-order valence-corrected chi connectivity index (χ2v) is 14.4. The van der Waals surface area contributed by atoms with Crippen molar-refractivity contribution in [3.63, 3.8) is 0 Å². The van der Waals surface area contributed by atoms with Gasteiger partial charge in [0.1, 0.15) is 30.3 Å². The van der Waals surface area contributed by atoms with Crippen molar-refractivity contribution in [2.24, 2.45) is 11.3 Å². The van der Waals surface area contributed by atoms with Crippen molar-refractivity contribution in [2.45, 2.75) is 77.3 Å². The monoisotopic (exact) mass is 749 g/mol. The third-order valence-corrected chi connectivity index (χ3v) is 9.29. The van der Waals surface area contributed by atoms with Gasteiger partial charge in [0, 0.05) is 19.3 Å². The number of nitrogens with one attached hydrogen (secondary N) is 3. The van der Waals surface area contributed by atoms with Crippen LogP contribution in [0.3, 0.4) is 0 Å². The molecule has 1 aromatic heterocycles. The molecule has 5 rings (SSSR count). The molecule has 3 amide bonds. The Hall–Kier alpha value is -4.96. The highest BCUT2D eigenvalue weighted by atomic mass is 16.7. The van der Waals surface area contributed by atoms with E-state index in [1.165, 1.54) is 7.11 Å². The maximum Gasteiger partial charge on any atom is 0.407 e. The van der Waals surface area contributed by atoms with Crippen LogP contribution in [-0.4, -0.2) is 97.8 Å². The van der Waals surface area contributed by atoms with Gasteiger partial charge in [-0.2, -0.15) is 0 Å². The first-order chi connectivity index (χ1) is 25.9. The van der Waals surface area contributed by atoms with Crippen molar-refractivity contribution < 1.29 is 47.9 Å². The Morgan fingerprint density at radius 1 is 0.944 bits per heavy atom. The Morgan fingerprint density at radius 2 is 1.67 bits per heavy atom. The van der Waals surface area contributed by atoms with Gasteiger partial charge in [-0.25, -0.2) is 14.6 Å². The molecule has 3 heterocycles. The SMILES string of the molecule is COC(=O)NC(C(=O)NN(Cc1ccc(OCc2ccccn2)cc1)C[C@H](O)[C@H](Cc1ccc(OC)cc1)NC(=O)OC1CO[C@H]2OCC[C@@H]12)C(C)(C)C. The molecule has 3 aromatic rings. The molecule has 2 fully saturated rings. The van der Waals surface area contributed by atoms with Gasteiger partial charge < -0.3 is 44.2 Å². The van der Waals surface area contributed by atoms with Gasteiger partial charge in [-0.05, 0) is 65.8 Å². The first kappa shape index (κ1) is 40.2. The number of fused-ring (bicyclic) bond motifs is 1. The van der Waals surface area contributed by atoms with Crippen LogP contribution in [0, 0.1) is 11.3 Å². The predicted octanol–water partition coefficient (Wildman–Crippen LogP) is 3.73. The van der Waals surface area contributed by atoms with Crippen LogP contribution in [0.25, 0.3) is 0 Å². The van der Waals surface area contributed by atoms with Gasteiger partial charge in [0.2, 0.25) is 0 Å². The van der Waals surface area contributed by atoms with Crippen LogP contribution in [0.1, 0.15) is 44.0 Å². The van der Waals surface area contributed by atoms with E-state index in [9.17, 15) is 19.5 Å². The van der Waals surface area contributed by atoms with Crippen LogP contribution in [0.4, 0.5) is 9.59 Å². The number of carbonyl (C=O) groups excluding carboxylic acids is 3. The molecule has 0 saturated carbocycles. The molecule has 2 aliphatic heterocycles. The number of ether oxygens (including phenoxy) is 6. The van der Waals surface area contributed by atoms with E-state index < -0.39 is 54.1 Å². The van der Waals surface area contributed by atoms with Crippen LogP contribution in [0.15, 0.2) is 72.9 Å². The Kier molecular flexibility index (Phi) is 14.1. The van der Waals surface area contributed by atoms with Gasteiger partial charge in [0.05, 0.1) is 51.2 Å². The zero-order chi connectivity index (χ0) is 38.7. The molecule has 2 aliphatic rings. The third kappa shape index (κ3) is 11.5. The largest absolute Gasteiger partial charge is 0.497 e. The second-order valence-electron chi connectivity index (χ2n) is 14.4. The van der Waals surface area contributed by atoms with Gasteiger partial charge in [-0.15, -0.1) is 0 Å². The van der Waals surface area contributed by atoms with Crippen LogP contribution in [0.5, 0.6) is 11.5 Å². The zero-order valence-corrected chi connectivity index (χ0v) is 31.4. The number of aliphatic hydroxyl groups excluding tert-OH is 1. The van der Waals surface area contributed by atoms with E-state index in [1.54, 1.807) is 30.4 Å². The molecular weight excluding hydrogens is 698 g/mol. The van der Waals surface area contributed by atoms with Gasteiger partial charge in [0.15, 0.2) is 6.29 Å². The van der Waals surface area contributed by atoms with E-state index >= 15 is 0 Å². The molecule has 2 unspecified atom stereocenters. The number of alkyl carbamates (subject to hydrolysis) is 2. The van der Waals surface area contributed by atoms with Crippen molar-refractivity contribution in [1.82, 2.24) is 26.1 Å². The summed E-state index contributed by atoms with van der Waals surface area (Å²) < 4.78 is 33.0. The normalized spacial score (nSPS) is 19.6. The minimum absolute atomic E-state index is 0.0624. The van der Waals surface area contributed by atoms with Gasteiger partial charge in [-0.3, -0.25) is 15.2 Å². The van der Waals surface area contributed by atoms with Crippen molar-refractivity contribution in [1.29, 1.82) is 0 Å². The topological polar surface area (TPSA) is 179 Å². The smallest absolute Gasteiger partial charge is 0.407 e. The Morgan fingerprint density at radius 3 is 2.33 bits per heavy atom. The molecule has 4 N–H and O–H groups in total. The highest BCUT2D eigenvalue weighted by molar-refractivity contribution is 5.86. The van der Waals surface area contributed by atoms with E-state index in [1.807, 2.05) is 75.4 Å². The highest BCUT2D eigenvalue weighted by Crippen LogP contribution is 2.33. The number of hydrogen-bond donors (Lipinski definition) is 4. The summed E-state index contributed by atoms with van der Waals surface area (Å²) >= 11 is 0. The van der Waals surface area contributed by atoms with Crippen LogP contribution in [0.2, 0.25) is 0 Å². The molecule has 2 aromatic carbocycles. The van der Waals surface area contributed by atoms with Crippen LogP contribution in [-0.2, 0) is 43.3 Å². The van der Waals surface area contributed by atoms with Crippen LogP contribution < -0.4 is 25.5 Å². The average molecular weight is 750 g/mol. The van der Waals surface area contributed by atoms with E-state index in [0.717, 1.165) is 16.8 Å². The number of aromatic nitrogens is 1. The highest BCUT2D eigenvalue weighted by Gasteiger charge is 2.44. The molecular formula is C39H51N5O10. The standard InChI is InChI=1S/C39H51N5O10/c1-39(2,3)34(42-37(47)50-5)35(46)43-44(21-26-11-15-29(16-12-26)52-23-27-8-6-7-18-40-27)22-32(45)31(20-25-9-13-28(49-4)14-10-25)41-38(48)54-33-24-53-36-30(33)17-19-51-36/h6-16,18,30-34,36,45H,17,19-24H2,1-5H3,(H,41,48)(H,42,47)(H,43,46)/t30-,31-,32-,33?,34?,36+/m0/s1. The number of pyridine rings is 1. The third-order valence-electron chi connectivity index (χ3n) is 9.29. The molecule has 292 valence electrons. The second kappa shape index (κ2) is 18.9. The van der Waals surface area contributed by atoms with Crippen molar-refractivity contribution >= 4 is 18.1 Å². The van der Waals surface area contributed by atoms with E-state index in [0.29, 0.717) is 31.1 Å². The number of amides is 3. The molecule has 0 spiro atoms. The lowest BCUT2D eigenvalue weighted by Crippen LogP contribution is -2.59. The first-order valence-corrected chi connectivity index (χ1v) is 17.9. The Labute approximate surface area is 315 Å². The van der Waals surface area contributed by atoms with E-state index in [-0.39, 0.29) is 32.0 Å². The van der Waals surface area contributed by atoms with E-state index in [4.69, 9.17) is 28.4 Å². The molecule has 0 radical (unpaired) electrons. The van der Waals surface area contributed by atoms with Gasteiger partial charge >= 0.3 is 12.2 Å². The number of methoxy groups -OCH3 is 2. The fourth-order valence-corrected chi connectivity index (χ4v) is 6.30. The number of nitrogens with zero attached hydrogens (tertiary/aromatic N) is 2. The molecule has 0 aliphatic carbocycles. The van der Waals surface area contributed by atoms with Crippen LogP contribution >= 0.6 is 0 Å². The summed E-state index contributed by atoms with van der Waals surface area (Å²) in [6.45, 7) is 6.51. The maximum absolute atomic E-state index is 13.8. The summed E-state index contributed by atoms with van der Waals surface area (Å²) in [7, 11) is 2.79. The maximum atomic E-state index is 13.8. The fraction of sp³-hybridized carbons (Fsp3) is 0.487. The van der Waals surface area contributed by atoms with Crippen molar-refractivity contribution in [3.05, 3.63) is 89.7 Å². The van der Waals surface area contributed by atoms with Gasteiger partial charge in [-0.1, -0.05) is 51.1 Å². The Bertz CT molecular complexity index is 1650. The number of rotatable bonds is 16. The molecule has 54 heavy (non-hydrogen) atoms. The summed E-state index contributed by atoms with van der Waals surface area (Å²) in [6.07, 6.45) is -0.919. The summed E-state index contributed by atoms with van der Waals surface area (Å²) in [5, 5.41) is 18.9. The minimum atomic E-state index is -1.22. The lowest BCUT2D eigenvalue weighted by atomic mass is 9.86. The summed E-state index contributed by atoms with van der Waals surface area (Å²) in [5.74, 6) is 0.700. The molecule has 2 saturated heterocycles. The predicted molar refractivity (Wildman–Crippen MR) is 196 cm³/mol. The lowest BCUT2D eigenvalue weighted by Gasteiger charge is -2.34. The molecule has 15 nitrogen and oxygen atoms in total. The summed E-state index contributed by atoms with van der Waals surface area (Å²) in [5.41, 5.74) is 4.59.